The van der Waals surface area contributed by atoms with E-state index >= 15 is 0 Å². The van der Waals surface area contributed by atoms with Crippen LogP contribution in [0.25, 0.3) is 0 Å². The van der Waals surface area contributed by atoms with E-state index in [2.05, 4.69) is 43.4 Å². The Balaban J connectivity index is 2.10. The molecule has 2 atom stereocenters. The Morgan fingerprint density at radius 1 is 1.36 bits per heavy atom. The standard InChI is InChI=1S/C19H28N2O/c1-3-4-5-9-12-18(17-10-7-6-8-11-17)19(22)21-14-13-20-16(2)15-21/h5-11,16,18,20H,3-4,12-15H2,1-2H3/b9-5-. The van der Waals surface area contributed by atoms with E-state index in [4.69, 9.17) is 0 Å². The molecule has 22 heavy (non-hydrogen) atoms. The van der Waals surface area contributed by atoms with Gasteiger partial charge >= 0.3 is 0 Å². The smallest absolute Gasteiger partial charge is 0.230 e. The van der Waals surface area contributed by atoms with Crippen LogP contribution in [0.4, 0.5) is 0 Å². The maximum absolute atomic E-state index is 13.0. The predicted octanol–water partition coefficient (Wildman–Crippen LogP) is 3.34. The molecule has 1 aliphatic rings. The summed E-state index contributed by atoms with van der Waals surface area (Å²) in [6.07, 6.45) is 7.39. The molecular formula is C19H28N2O. The minimum atomic E-state index is -0.0559. The molecule has 0 bridgehead atoms. The molecule has 1 N–H and O–H groups in total. The number of rotatable bonds is 6. The number of amides is 1. The molecule has 0 radical (unpaired) electrons. The van der Waals surface area contributed by atoms with Gasteiger partial charge in [-0.2, -0.15) is 0 Å². The summed E-state index contributed by atoms with van der Waals surface area (Å²) < 4.78 is 0. The van der Waals surface area contributed by atoms with Gasteiger partial charge in [-0.1, -0.05) is 55.8 Å². The Labute approximate surface area is 134 Å². The predicted molar refractivity (Wildman–Crippen MR) is 91.9 cm³/mol. The number of hydrogen-bond acceptors (Lipinski definition) is 2. The van der Waals surface area contributed by atoms with E-state index in [9.17, 15) is 4.79 Å². The van der Waals surface area contributed by atoms with Crippen molar-refractivity contribution in [3.63, 3.8) is 0 Å². The monoisotopic (exact) mass is 300 g/mol. The summed E-state index contributed by atoms with van der Waals surface area (Å²) in [5.74, 6) is 0.209. The van der Waals surface area contributed by atoms with E-state index < -0.39 is 0 Å². The van der Waals surface area contributed by atoms with E-state index in [0.717, 1.165) is 44.5 Å². The summed E-state index contributed by atoms with van der Waals surface area (Å²) in [5, 5.41) is 3.40. The molecule has 1 aromatic rings. The fraction of sp³-hybridized carbons (Fsp3) is 0.526. The minimum absolute atomic E-state index is 0.0559. The van der Waals surface area contributed by atoms with E-state index in [1.165, 1.54) is 0 Å². The second kappa shape index (κ2) is 8.74. The molecule has 2 unspecified atom stereocenters. The fourth-order valence-electron chi connectivity index (χ4n) is 2.93. The lowest BCUT2D eigenvalue weighted by atomic mass is 9.93. The van der Waals surface area contributed by atoms with Crippen molar-refractivity contribution in [1.29, 1.82) is 0 Å². The summed E-state index contributed by atoms with van der Waals surface area (Å²) in [7, 11) is 0. The quantitative estimate of drug-likeness (QED) is 0.817. The second-order valence-electron chi connectivity index (χ2n) is 6.10. The van der Waals surface area contributed by atoms with E-state index in [1.807, 2.05) is 23.1 Å². The normalized spacial score (nSPS) is 20.3. The number of allylic oxidation sites excluding steroid dienone is 2. The first kappa shape index (κ1) is 16.8. The molecule has 0 aliphatic carbocycles. The highest BCUT2D eigenvalue weighted by molar-refractivity contribution is 5.84. The van der Waals surface area contributed by atoms with Crippen LogP contribution in [0.2, 0.25) is 0 Å². The van der Waals surface area contributed by atoms with Crippen molar-refractivity contribution in [3.05, 3.63) is 48.0 Å². The van der Waals surface area contributed by atoms with Crippen LogP contribution in [-0.2, 0) is 4.79 Å². The summed E-state index contributed by atoms with van der Waals surface area (Å²) in [6.45, 7) is 6.82. The molecule has 1 fully saturated rings. The van der Waals surface area contributed by atoms with Crippen LogP contribution < -0.4 is 5.32 Å². The Morgan fingerprint density at radius 3 is 2.82 bits per heavy atom. The zero-order valence-electron chi connectivity index (χ0n) is 13.8. The maximum Gasteiger partial charge on any atom is 0.230 e. The molecule has 0 aromatic heterocycles. The van der Waals surface area contributed by atoms with Crippen LogP contribution in [0.15, 0.2) is 42.5 Å². The third-order valence-electron chi connectivity index (χ3n) is 4.17. The van der Waals surface area contributed by atoms with Crippen LogP contribution in [0.3, 0.4) is 0 Å². The lowest BCUT2D eigenvalue weighted by Crippen LogP contribution is -2.52. The molecule has 1 aromatic carbocycles. The molecule has 3 heteroatoms. The van der Waals surface area contributed by atoms with Crippen LogP contribution in [0, 0.1) is 0 Å². The Hall–Kier alpha value is -1.61. The SMILES string of the molecule is CCC/C=C\CC(C(=O)N1CCNC(C)C1)c1ccccc1. The highest BCUT2D eigenvalue weighted by atomic mass is 16.2. The molecule has 1 heterocycles. The van der Waals surface area contributed by atoms with Gasteiger partial charge in [0.05, 0.1) is 5.92 Å². The third-order valence-corrected chi connectivity index (χ3v) is 4.17. The first-order valence-corrected chi connectivity index (χ1v) is 8.44. The maximum atomic E-state index is 13.0. The largest absolute Gasteiger partial charge is 0.339 e. The summed E-state index contributed by atoms with van der Waals surface area (Å²) in [6, 6.07) is 10.6. The summed E-state index contributed by atoms with van der Waals surface area (Å²) in [4.78, 5) is 15.0. The van der Waals surface area contributed by atoms with Crippen molar-refractivity contribution in [3.8, 4) is 0 Å². The summed E-state index contributed by atoms with van der Waals surface area (Å²) in [5.41, 5.74) is 1.12. The highest BCUT2D eigenvalue weighted by Crippen LogP contribution is 2.23. The minimum Gasteiger partial charge on any atom is -0.339 e. The number of carbonyl (C=O) groups excluding carboxylic acids is 1. The second-order valence-corrected chi connectivity index (χ2v) is 6.10. The van der Waals surface area contributed by atoms with Crippen molar-refractivity contribution >= 4 is 5.91 Å². The molecule has 0 saturated carbocycles. The molecule has 1 aliphatic heterocycles. The van der Waals surface area contributed by atoms with Crippen molar-refractivity contribution in [2.24, 2.45) is 0 Å². The molecule has 1 saturated heterocycles. The van der Waals surface area contributed by atoms with Gasteiger partial charge in [0, 0.05) is 25.7 Å². The average molecular weight is 300 g/mol. The fourth-order valence-corrected chi connectivity index (χ4v) is 2.93. The van der Waals surface area contributed by atoms with Gasteiger partial charge in [-0.25, -0.2) is 0 Å². The van der Waals surface area contributed by atoms with Gasteiger partial charge in [-0.05, 0) is 25.3 Å². The van der Waals surface area contributed by atoms with E-state index in [1.54, 1.807) is 0 Å². The molecule has 2 rings (SSSR count). The zero-order chi connectivity index (χ0) is 15.8. The van der Waals surface area contributed by atoms with Crippen molar-refractivity contribution in [1.82, 2.24) is 10.2 Å². The van der Waals surface area contributed by atoms with Gasteiger partial charge in [-0.15, -0.1) is 0 Å². The Bertz CT molecular complexity index is 483. The number of unbranched alkanes of at least 4 members (excludes halogenated alkanes) is 1. The topological polar surface area (TPSA) is 32.3 Å². The number of nitrogens with one attached hydrogen (secondary N) is 1. The highest BCUT2D eigenvalue weighted by Gasteiger charge is 2.27. The Kier molecular flexibility index (Phi) is 6.66. The van der Waals surface area contributed by atoms with Crippen LogP contribution in [0.5, 0.6) is 0 Å². The number of hydrogen-bond donors (Lipinski definition) is 1. The average Bonchev–Trinajstić information content (AvgIpc) is 2.55. The molecule has 120 valence electrons. The van der Waals surface area contributed by atoms with Crippen molar-refractivity contribution in [2.45, 2.75) is 45.1 Å². The summed E-state index contributed by atoms with van der Waals surface area (Å²) >= 11 is 0. The van der Waals surface area contributed by atoms with Crippen molar-refractivity contribution in [2.75, 3.05) is 19.6 Å². The number of piperazine rings is 1. The van der Waals surface area contributed by atoms with Gasteiger partial charge in [0.2, 0.25) is 5.91 Å². The first-order chi connectivity index (χ1) is 10.7. The molecule has 0 spiro atoms. The van der Waals surface area contributed by atoms with Crippen LogP contribution >= 0.6 is 0 Å². The van der Waals surface area contributed by atoms with Gasteiger partial charge < -0.3 is 10.2 Å². The number of carbonyl (C=O) groups is 1. The van der Waals surface area contributed by atoms with Gasteiger partial charge in [-0.3, -0.25) is 4.79 Å². The number of benzene rings is 1. The van der Waals surface area contributed by atoms with Crippen molar-refractivity contribution < 1.29 is 4.79 Å². The third kappa shape index (κ3) is 4.70. The lowest BCUT2D eigenvalue weighted by Gasteiger charge is -2.34. The van der Waals surface area contributed by atoms with E-state index in [-0.39, 0.29) is 11.8 Å². The van der Waals surface area contributed by atoms with Gasteiger partial charge in [0.25, 0.3) is 0 Å². The van der Waals surface area contributed by atoms with Crippen LogP contribution in [0.1, 0.15) is 44.6 Å². The van der Waals surface area contributed by atoms with E-state index in [0.29, 0.717) is 6.04 Å². The Morgan fingerprint density at radius 2 is 2.14 bits per heavy atom. The lowest BCUT2D eigenvalue weighted by molar-refractivity contribution is -0.133. The first-order valence-electron chi connectivity index (χ1n) is 8.44. The van der Waals surface area contributed by atoms with Gasteiger partial charge in [0.15, 0.2) is 0 Å². The zero-order valence-corrected chi connectivity index (χ0v) is 13.8. The molecular weight excluding hydrogens is 272 g/mol. The molecule has 1 amide bonds. The van der Waals surface area contributed by atoms with Gasteiger partial charge in [0.1, 0.15) is 0 Å². The number of nitrogens with zero attached hydrogens (tertiary/aromatic N) is 1. The molecule has 3 nitrogen and oxygen atoms in total. The van der Waals surface area contributed by atoms with Crippen LogP contribution in [-0.4, -0.2) is 36.5 Å².